The number of nitrogens with zero attached hydrogens (tertiary/aromatic N) is 1. The Balaban J connectivity index is 2.30. The van der Waals surface area contributed by atoms with Gasteiger partial charge in [-0.25, -0.2) is 0 Å². The lowest BCUT2D eigenvalue weighted by atomic mass is 10.2. The Hall–Kier alpha value is -1.51. The monoisotopic (exact) mass is 264 g/mol. The van der Waals surface area contributed by atoms with Crippen molar-refractivity contribution in [3.05, 3.63) is 35.4 Å². The van der Waals surface area contributed by atoms with Crippen LogP contribution in [-0.2, 0) is 15.3 Å². The summed E-state index contributed by atoms with van der Waals surface area (Å²) in [6.07, 6.45) is 0.593. The predicted molar refractivity (Wildman–Crippen MR) is 71.9 cm³/mol. The van der Waals surface area contributed by atoms with Crippen LogP contribution >= 0.6 is 11.8 Å². The average molecular weight is 264 g/mol. The van der Waals surface area contributed by atoms with E-state index in [0.29, 0.717) is 12.0 Å². The second-order valence-corrected chi connectivity index (χ2v) is 4.89. The Morgan fingerprint density at radius 3 is 3.06 bits per heavy atom. The molecular formula is C13H16N2O2S. The molecule has 0 saturated carbocycles. The summed E-state index contributed by atoms with van der Waals surface area (Å²) >= 11 is 1.68. The molecule has 0 heterocycles. The number of benzene rings is 1. The van der Waals surface area contributed by atoms with Crippen molar-refractivity contribution in [3.63, 3.8) is 0 Å². The highest BCUT2D eigenvalue weighted by Crippen LogP contribution is 2.15. The molecule has 0 aliphatic heterocycles. The molecule has 1 rings (SSSR count). The first kappa shape index (κ1) is 14.6. The third-order valence-corrected chi connectivity index (χ3v) is 3.46. The number of methoxy groups -OCH3 is 1. The molecule has 0 radical (unpaired) electrons. The topological polar surface area (TPSA) is 76.1 Å². The first-order valence-electron chi connectivity index (χ1n) is 5.57. The van der Waals surface area contributed by atoms with E-state index in [9.17, 15) is 4.79 Å². The highest BCUT2D eigenvalue weighted by molar-refractivity contribution is 7.98. The molecule has 0 amide bonds. The number of nitrogens with two attached hydrogens (primary N) is 1. The lowest BCUT2D eigenvalue weighted by molar-refractivity contribution is -0.142. The minimum atomic E-state index is -0.548. The standard InChI is InChI=1S/C13H16N2O2S/c1-17-13(16)12(15)5-6-18-9-11-4-2-3-10(7-11)8-14/h2-4,7,12H,5-6,9,15H2,1H3. The highest BCUT2D eigenvalue weighted by atomic mass is 32.2. The molecule has 4 nitrogen and oxygen atoms in total. The van der Waals surface area contributed by atoms with Gasteiger partial charge in [0, 0.05) is 5.75 Å². The van der Waals surface area contributed by atoms with E-state index in [0.717, 1.165) is 17.1 Å². The van der Waals surface area contributed by atoms with Gasteiger partial charge in [0.25, 0.3) is 0 Å². The fourth-order valence-corrected chi connectivity index (χ4v) is 2.38. The number of ether oxygens (including phenoxy) is 1. The highest BCUT2D eigenvalue weighted by Gasteiger charge is 2.12. The van der Waals surface area contributed by atoms with Gasteiger partial charge in [-0.2, -0.15) is 17.0 Å². The smallest absolute Gasteiger partial charge is 0.322 e. The molecule has 0 fully saturated rings. The molecule has 0 aromatic heterocycles. The van der Waals surface area contributed by atoms with Gasteiger partial charge in [-0.15, -0.1) is 0 Å². The molecule has 0 bridgehead atoms. The van der Waals surface area contributed by atoms with Crippen molar-refractivity contribution >= 4 is 17.7 Å². The lowest BCUT2D eigenvalue weighted by Crippen LogP contribution is -2.31. The second kappa shape index (κ2) is 7.75. The van der Waals surface area contributed by atoms with Gasteiger partial charge in [0.05, 0.1) is 18.7 Å². The molecule has 0 aliphatic carbocycles. The third kappa shape index (κ3) is 4.78. The third-order valence-electron chi connectivity index (χ3n) is 2.40. The SMILES string of the molecule is COC(=O)C(N)CCSCc1cccc(C#N)c1. The summed E-state index contributed by atoms with van der Waals surface area (Å²) in [5.41, 5.74) is 7.39. The number of hydrogen-bond acceptors (Lipinski definition) is 5. The number of nitriles is 1. The zero-order valence-corrected chi connectivity index (χ0v) is 11.1. The van der Waals surface area contributed by atoms with E-state index >= 15 is 0 Å². The van der Waals surface area contributed by atoms with E-state index in [-0.39, 0.29) is 5.97 Å². The van der Waals surface area contributed by atoms with Crippen LogP contribution in [0.4, 0.5) is 0 Å². The lowest BCUT2D eigenvalue weighted by Gasteiger charge is -2.08. The Labute approximate surface area is 111 Å². The van der Waals surface area contributed by atoms with E-state index in [2.05, 4.69) is 10.8 Å². The maximum absolute atomic E-state index is 11.1. The summed E-state index contributed by atoms with van der Waals surface area (Å²) in [5, 5.41) is 8.77. The van der Waals surface area contributed by atoms with Crippen molar-refractivity contribution in [1.29, 1.82) is 5.26 Å². The zero-order valence-electron chi connectivity index (χ0n) is 10.3. The molecule has 5 heteroatoms. The van der Waals surface area contributed by atoms with Crippen molar-refractivity contribution in [1.82, 2.24) is 0 Å². The van der Waals surface area contributed by atoms with Crippen LogP contribution in [0.1, 0.15) is 17.5 Å². The molecule has 0 spiro atoms. The fraction of sp³-hybridized carbons (Fsp3) is 0.385. The maximum Gasteiger partial charge on any atom is 0.322 e. The minimum absolute atomic E-state index is 0.373. The predicted octanol–water partition coefficient (Wildman–Crippen LogP) is 1.68. The summed E-state index contributed by atoms with van der Waals surface area (Å²) in [5.74, 6) is 1.22. The van der Waals surface area contributed by atoms with Crippen LogP contribution in [0.5, 0.6) is 0 Å². The van der Waals surface area contributed by atoms with Crippen molar-refractivity contribution in [2.24, 2.45) is 5.73 Å². The molecule has 0 aliphatic rings. The van der Waals surface area contributed by atoms with Gasteiger partial charge in [0.2, 0.25) is 0 Å². The van der Waals surface area contributed by atoms with Gasteiger partial charge in [-0.3, -0.25) is 4.79 Å². The number of carbonyl (C=O) groups excluding carboxylic acids is 1. The summed E-state index contributed by atoms with van der Waals surface area (Å²) in [6.45, 7) is 0. The van der Waals surface area contributed by atoms with Crippen molar-refractivity contribution in [2.45, 2.75) is 18.2 Å². The Bertz CT molecular complexity index is 443. The van der Waals surface area contributed by atoms with E-state index in [1.165, 1.54) is 7.11 Å². The first-order valence-corrected chi connectivity index (χ1v) is 6.73. The summed E-state index contributed by atoms with van der Waals surface area (Å²) in [4.78, 5) is 11.1. The van der Waals surface area contributed by atoms with Crippen LogP contribution < -0.4 is 5.73 Å². The molecule has 0 saturated heterocycles. The van der Waals surface area contributed by atoms with Gasteiger partial charge in [0.1, 0.15) is 6.04 Å². The van der Waals surface area contributed by atoms with Crippen LogP contribution in [0.3, 0.4) is 0 Å². The number of rotatable bonds is 6. The minimum Gasteiger partial charge on any atom is -0.468 e. The van der Waals surface area contributed by atoms with Gasteiger partial charge < -0.3 is 10.5 Å². The maximum atomic E-state index is 11.1. The molecule has 2 N–H and O–H groups in total. The summed E-state index contributed by atoms with van der Waals surface area (Å²) in [7, 11) is 1.34. The fourth-order valence-electron chi connectivity index (χ4n) is 1.40. The average Bonchev–Trinajstić information content (AvgIpc) is 2.42. The number of carbonyl (C=O) groups is 1. The van der Waals surface area contributed by atoms with Gasteiger partial charge >= 0.3 is 5.97 Å². The number of esters is 1. The molecule has 1 aromatic carbocycles. The quantitative estimate of drug-likeness (QED) is 0.625. The molecular weight excluding hydrogens is 248 g/mol. The van der Waals surface area contributed by atoms with E-state index in [1.54, 1.807) is 17.8 Å². The first-order chi connectivity index (χ1) is 8.67. The summed E-state index contributed by atoms with van der Waals surface area (Å²) < 4.78 is 4.55. The Kier molecular flexibility index (Phi) is 6.26. The zero-order chi connectivity index (χ0) is 13.4. The van der Waals surface area contributed by atoms with Crippen LogP contribution in [0.2, 0.25) is 0 Å². The number of hydrogen-bond donors (Lipinski definition) is 1. The molecule has 96 valence electrons. The van der Waals surface area contributed by atoms with Gasteiger partial charge in [-0.1, -0.05) is 12.1 Å². The van der Waals surface area contributed by atoms with Crippen molar-refractivity contribution in [2.75, 3.05) is 12.9 Å². The number of thioether (sulfide) groups is 1. The van der Waals surface area contributed by atoms with E-state index < -0.39 is 6.04 Å². The summed E-state index contributed by atoms with van der Waals surface area (Å²) in [6, 6.07) is 9.06. The van der Waals surface area contributed by atoms with Crippen LogP contribution in [0.15, 0.2) is 24.3 Å². The normalized spacial score (nSPS) is 11.6. The van der Waals surface area contributed by atoms with Crippen LogP contribution in [0, 0.1) is 11.3 Å². The van der Waals surface area contributed by atoms with Crippen molar-refractivity contribution < 1.29 is 9.53 Å². The Morgan fingerprint density at radius 1 is 1.61 bits per heavy atom. The van der Waals surface area contributed by atoms with Gasteiger partial charge in [0.15, 0.2) is 0 Å². The molecule has 1 aromatic rings. The molecule has 1 unspecified atom stereocenters. The van der Waals surface area contributed by atoms with E-state index in [4.69, 9.17) is 11.0 Å². The van der Waals surface area contributed by atoms with Crippen LogP contribution in [-0.4, -0.2) is 24.9 Å². The van der Waals surface area contributed by atoms with Crippen molar-refractivity contribution in [3.8, 4) is 6.07 Å². The largest absolute Gasteiger partial charge is 0.468 e. The second-order valence-electron chi connectivity index (χ2n) is 3.78. The van der Waals surface area contributed by atoms with Gasteiger partial charge in [-0.05, 0) is 29.9 Å². The molecule has 1 atom stereocenters. The van der Waals surface area contributed by atoms with E-state index in [1.807, 2.05) is 18.2 Å². The molecule has 18 heavy (non-hydrogen) atoms. The van der Waals surface area contributed by atoms with Crippen LogP contribution in [0.25, 0.3) is 0 Å². The Morgan fingerprint density at radius 2 is 2.39 bits per heavy atom.